The number of aromatic hydroxyl groups is 1. The lowest BCUT2D eigenvalue weighted by Crippen LogP contribution is -2.02. The van der Waals surface area contributed by atoms with Gasteiger partial charge in [0.2, 0.25) is 0 Å². The van der Waals surface area contributed by atoms with Crippen LogP contribution >= 0.6 is 15.9 Å². The molecule has 3 heteroatoms. The van der Waals surface area contributed by atoms with E-state index < -0.39 is 0 Å². The second-order valence-corrected chi connectivity index (χ2v) is 6.95. The van der Waals surface area contributed by atoms with Gasteiger partial charge in [-0.15, -0.1) is 0 Å². The minimum atomic E-state index is 0.309. The van der Waals surface area contributed by atoms with Gasteiger partial charge in [-0.05, 0) is 61.1 Å². The molecule has 0 radical (unpaired) electrons. The van der Waals surface area contributed by atoms with E-state index in [2.05, 4.69) is 29.8 Å². The van der Waals surface area contributed by atoms with E-state index in [0.29, 0.717) is 10.6 Å². The summed E-state index contributed by atoms with van der Waals surface area (Å²) in [6.45, 7) is 5.11. The standard InChI is InChI=1S/C19H25BrO2/c1-3-15(20)7-5-6-12-22-19-11-8-14-13-16(21)9-10-18(14)17(19)4-2/h8-11,13,15,21H,3-7,12H2,1-2H3. The monoisotopic (exact) mass is 364 g/mol. The topological polar surface area (TPSA) is 29.5 Å². The number of fused-ring (bicyclic) bond motifs is 1. The van der Waals surface area contributed by atoms with Crippen molar-refractivity contribution in [2.75, 3.05) is 6.61 Å². The Hall–Kier alpha value is -1.22. The van der Waals surface area contributed by atoms with Crippen molar-refractivity contribution in [2.24, 2.45) is 0 Å². The van der Waals surface area contributed by atoms with Gasteiger partial charge >= 0.3 is 0 Å². The Morgan fingerprint density at radius 3 is 2.68 bits per heavy atom. The summed E-state index contributed by atoms with van der Waals surface area (Å²) in [6.07, 6.45) is 5.58. The molecule has 22 heavy (non-hydrogen) atoms. The first-order valence-corrected chi connectivity index (χ1v) is 9.08. The molecule has 0 aliphatic carbocycles. The highest BCUT2D eigenvalue weighted by molar-refractivity contribution is 9.09. The number of alkyl halides is 1. The highest BCUT2D eigenvalue weighted by Crippen LogP contribution is 2.30. The van der Waals surface area contributed by atoms with E-state index in [0.717, 1.165) is 30.6 Å². The smallest absolute Gasteiger partial charge is 0.123 e. The molecule has 0 saturated carbocycles. The van der Waals surface area contributed by atoms with Gasteiger partial charge in [0, 0.05) is 10.4 Å². The number of rotatable bonds is 8. The van der Waals surface area contributed by atoms with Crippen LogP contribution in [-0.4, -0.2) is 16.5 Å². The molecule has 0 saturated heterocycles. The minimum Gasteiger partial charge on any atom is -0.508 e. The average molecular weight is 365 g/mol. The number of phenols is 1. The van der Waals surface area contributed by atoms with Gasteiger partial charge < -0.3 is 9.84 Å². The molecule has 2 rings (SSSR count). The molecule has 1 N–H and O–H groups in total. The average Bonchev–Trinajstić information content (AvgIpc) is 2.53. The molecule has 2 nitrogen and oxygen atoms in total. The van der Waals surface area contributed by atoms with Gasteiger partial charge in [0.05, 0.1) is 6.61 Å². The Morgan fingerprint density at radius 2 is 1.95 bits per heavy atom. The van der Waals surface area contributed by atoms with Gasteiger partial charge in [-0.3, -0.25) is 0 Å². The van der Waals surface area contributed by atoms with Crippen molar-refractivity contribution in [3.8, 4) is 11.5 Å². The maximum Gasteiger partial charge on any atom is 0.123 e. The summed E-state index contributed by atoms with van der Waals surface area (Å²) < 4.78 is 6.00. The number of aryl methyl sites for hydroxylation is 1. The van der Waals surface area contributed by atoms with Crippen LogP contribution in [0.1, 0.15) is 45.1 Å². The Balaban J connectivity index is 2.00. The minimum absolute atomic E-state index is 0.309. The normalized spacial score (nSPS) is 12.5. The Bertz CT molecular complexity index is 610. The number of ether oxygens (including phenoxy) is 1. The highest BCUT2D eigenvalue weighted by atomic mass is 79.9. The molecule has 0 aliphatic heterocycles. The fourth-order valence-electron chi connectivity index (χ4n) is 2.72. The molecule has 0 spiro atoms. The highest BCUT2D eigenvalue weighted by Gasteiger charge is 2.08. The van der Waals surface area contributed by atoms with Crippen LogP contribution in [0.4, 0.5) is 0 Å². The molecule has 2 aromatic rings. The zero-order chi connectivity index (χ0) is 15.9. The van der Waals surface area contributed by atoms with E-state index in [4.69, 9.17) is 4.74 Å². The SMILES string of the molecule is CCc1c(OCCCCC(Br)CC)ccc2cc(O)ccc12. The summed E-state index contributed by atoms with van der Waals surface area (Å²) >= 11 is 3.67. The zero-order valence-electron chi connectivity index (χ0n) is 13.4. The fourth-order valence-corrected chi connectivity index (χ4v) is 3.04. The quantitative estimate of drug-likeness (QED) is 0.471. The summed E-state index contributed by atoms with van der Waals surface area (Å²) in [6, 6.07) is 9.58. The van der Waals surface area contributed by atoms with Crippen LogP contribution < -0.4 is 4.74 Å². The Kier molecular flexibility index (Phi) is 6.56. The molecular formula is C19H25BrO2. The van der Waals surface area contributed by atoms with Crippen LogP contribution in [0.5, 0.6) is 11.5 Å². The van der Waals surface area contributed by atoms with E-state index in [1.807, 2.05) is 18.2 Å². The van der Waals surface area contributed by atoms with Crippen molar-refractivity contribution in [2.45, 2.75) is 50.8 Å². The van der Waals surface area contributed by atoms with E-state index in [9.17, 15) is 5.11 Å². The molecule has 0 fully saturated rings. The molecule has 0 aliphatic rings. The largest absolute Gasteiger partial charge is 0.508 e. The molecule has 0 bridgehead atoms. The third kappa shape index (κ3) is 4.39. The summed E-state index contributed by atoms with van der Waals surface area (Å²) in [5.74, 6) is 1.29. The lowest BCUT2D eigenvalue weighted by atomic mass is 10.0. The van der Waals surface area contributed by atoms with E-state index in [-0.39, 0.29) is 0 Å². The van der Waals surface area contributed by atoms with Gasteiger partial charge in [-0.1, -0.05) is 41.9 Å². The summed E-state index contributed by atoms with van der Waals surface area (Å²) in [5, 5.41) is 11.8. The van der Waals surface area contributed by atoms with Crippen molar-refractivity contribution in [3.63, 3.8) is 0 Å². The van der Waals surface area contributed by atoms with E-state index in [1.165, 1.54) is 30.2 Å². The molecule has 0 aromatic heterocycles. The van der Waals surface area contributed by atoms with Crippen molar-refractivity contribution < 1.29 is 9.84 Å². The first kappa shape index (κ1) is 17.1. The molecule has 120 valence electrons. The molecule has 1 unspecified atom stereocenters. The van der Waals surface area contributed by atoms with Crippen molar-refractivity contribution >= 4 is 26.7 Å². The molecule has 2 aromatic carbocycles. The predicted molar refractivity (Wildman–Crippen MR) is 97.3 cm³/mol. The van der Waals surface area contributed by atoms with Crippen LogP contribution in [0.25, 0.3) is 10.8 Å². The number of benzene rings is 2. The van der Waals surface area contributed by atoms with Crippen LogP contribution in [-0.2, 0) is 6.42 Å². The fraction of sp³-hybridized carbons (Fsp3) is 0.474. The van der Waals surface area contributed by atoms with Crippen LogP contribution in [0.2, 0.25) is 0 Å². The molecule has 0 amide bonds. The molecule has 0 heterocycles. The van der Waals surface area contributed by atoms with Gasteiger partial charge in [0.25, 0.3) is 0 Å². The van der Waals surface area contributed by atoms with Crippen LogP contribution in [0.15, 0.2) is 30.3 Å². The number of phenolic OH excluding ortho intramolecular Hbond substituents is 1. The Morgan fingerprint density at radius 1 is 1.14 bits per heavy atom. The third-order valence-electron chi connectivity index (χ3n) is 4.04. The maximum atomic E-state index is 9.59. The van der Waals surface area contributed by atoms with Gasteiger partial charge in [-0.25, -0.2) is 0 Å². The van der Waals surface area contributed by atoms with Gasteiger partial charge in [0.15, 0.2) is 0 Å². The van der Waals surface area contributed by atoms with Gasteiger partial charge in [-0.2, -0.15) is 0 Å². The molecular weight excluding hydrogens is 340 g/mol. The van der Waals surface area contributed by atoms with Crippen molar-refractivity contribution in [1.82, 2.24) is 0 Å². The zero-order valence-corrected chi connectivity index (χ0v) is 15.0. The predicted octanol–water partition coefficient (Wildman–Crippen LogP) is 5.83. The summed E-state index contributed by atoms with van der Waals surface area (Å²) in [5.41, 5.74) is 1.23. The van der Waals surface area contributed by atoms with Crippen LogP contribution in [0.3, 0.4) is 0 Å². The third-order valence-corrected chi connectivity index (χ3v) is 5.14. The second kappa shape index (κ2) is 8.42. The van der Waals surface area contributed by atoms with Gasteiger partial charge in [0.1, 0.15) is 11.5 Å². The van der Waals surface area contributed by atoms with E-state index >= 15 is 0 Å². The lowest BCUT2D eigenvalue weighted by Gasteiger charge is -2.14. The second-order valence-electron chi connectivity index (χ2n) is 5.65. The number of unbranched alkanes of at least 4 members (excludes halogenated alkanes) is 1. The first-order chi connectivity index (χ1) is 10.7. The first-order valence-electron chi connectivity index (χ1n) is 8.17. The van der Waals surface area contributed by atoms with Crippen molar-refractivity contribution in [1.29, 1.82) is 0 Å². The number of hydrogen-bond donors (Lipinski definition) is 1. The summed E-state index contributed by atoms with van der Waals surface area (Å²) in [4.78, 5) is 0.632. The maximum absolute atomic E-state index is 9.59. The number of hydrogen-bond acceptors (Lipinski definition) is 2. The lowest BCUT2D eigenvalue weighted by molar-refractivity contribution is 0.303. The van der Waals surface area contributed by atoms with E-state index in [1.54, 1.807) is 12.1 Å². The Labute approximate surface area is 141 Å². The summed E-state index contributed by atoms with van der Waals surface area (Å²) in [7, 11) is 0. The molecule has 1 atom stereocenters. The van der Waals surface area contributed by atoms with Crippen molar-refractivity contribution in [3.05, 3.63) is 35.9 Å². The number of halogens is 1. The van der Waals surface area contributed by atoms with Crippen LogP contribution in [0, 0.1) is 0 Å².